The van der Waals surface area contributed by atoms with Crippen LogP contribution in [0.1, 0.15) is 49.4 Å². The molecule has 0 aliphatic carbocycles. The summed E-state index contributed by atoms with van der Waals surface area (Å²) in [6, 6.07) is 0.0754. The van der Waals surface area contributed by atoms with Gasteiger partial charge in [-0.1, -0.05) is 0 Å². The van der Waals surface area contributed by atoms with Crippen LogP contribution >= 0.6 is 0 Å². The van der Waals surface area contributed by atoms with Crippen LogP contribution in [-0.4, -0.2) is 51.4 Å². The minimum absolute atomic E-state index is 0.0592. The van der Waals surface area contributed by atoms with Crippen molar-refractivity contribution in [3.05, 3.63) is 17.5 Å². The van der Waals surface area contributed by atoms with Gasteiger partial charge in [0.25, 0.3) is 0 Å². The highest BCUT2D eigenvalue weighted by atomic mass is 16.2. The molecule has 1 N–H and O–H groups in total. The number of amides is 2. The fourth-order valence-corrected chi connectivity index (χ4v) is 3.35. The molecule has 21 heavy (non-hydrogen) atoms. The van der Waals surface area contributed by atoms with Gasteiger partial charge in [-0.2, -0.15) is 5.10 Å². The van der Waals surface area contributed by atoms with Gasteiger partial charge in [-0.15, -0.1) is 0 Å². The van der Waals surface area contributed by atoms with E-state index in [1.807, 2.05) is 11.8 Å². The van der Waals surface area contributed by atoms with Crippen molar-refractivity contribution in [3.8, 4) is 0 Å². The smallest absolute Gasteiger partial charge is 0.242 e. The number of rotatable bonds is 3. The number of nitrogens with one attached hydrogen (secondary N) is 1. The quantitative estimate of drug-likeness (QED) is 0.914. The first kappa shape index (κ1) is 14.1. The molecule has 1 aromatic rings. The summed E-state index contributed by atoms with van der Waals surface area (Å²) in [7, 11) is 0. The number of piperidine rings is 1. The summed E-state index contributed by atoms with van der Waals surface area (Å²) in [5.74, 6) is 0.165. The second-order valence-electron chi connectivity index (χ2n) is 5.98. The van der Waals surface area contributed by atoms with Gasteiger partial charge in [0.15, 0.2) is 0 Å². The number of carbonyl (C=O) groups excluding carboxylic acids is 2. The summed E-state index contributed by atoms with van der Waals surface area (Å²) in [5.41, 5.74) is 2.13. The van der Waals surface area contributed by atoms with Crippen molar-refractivity contribution >= 4 is 11.8 Å². The average molecular weight is 290 g/mol. The van der Waals surface area contributed by atoms with Crippen molar-refractivity contribution < 1.29 is 9.59 Å². The van der Waals surface area contributed by atoms with E-state index in [0.29, 0.717) is 13.0 Å². The number of H-pyrrole nitrogens is 1. The van der Waals surface area contributed by atoms with Crippen LogP contribution < -0.4 is 0 Å². The van der Waals surface area contributed by atoms with Crippen molar-refractivity contribution in [3.63, 3.8) is 0 Å². The Morgan fingerprint density at radius 2 is 2.24 bits per heavy atom. The molecule has 2 aliphatic rings. The summed E-state index contributed by atoms with van der Waals surface area (Å²) >= 11 is 0. The van der Waals surface area contributed by atoms with Crippen molar-refractivity contribution in [2.24, 2.45) is 0 Å². The Labute approximate surface area is 124 Å². The summed E-state index contributed by atoms with van der Waals surface area (Å²) < 4.78 is 0. The fraction of sp³-hybridized carbons (Fsp3) is 0.667. The molecule has 0 spiro atoms. The zero-order valence-electron chi connectivity index (χ0n) is 12.5. The molecule has 3 rings (SSSR count). The monoisotopic (exact) mass is 290 g/mol. The first-order valence-corrected chi connectivity index (χ1v) is 7.74. The maximum absolute atomic E-state index is 12.6. The Hall–Kier alpha value is -1.85. The molecule has 6 heteroatoms. The topological polar surface area (TPSA) is 69.3 Å². The van der Waals surface area contributed by atoms with Gasteiger partial charge in [0.05, 0.1) is 24.5 Å². The molecule has 0 bridgehead atoms. The van der Waals surface area contributed by atoms with Crippen molar-refractivity contribution in [1.29, 1.82) is 0 Å². The molecule has 6 nitrogen and oxygen atoms in total. The van der Waals surface area contributed by atoms with Crippen LogP contribution in [-0.2, 0) is 9.59 Å². The van der Waals surface area contributed by atoms with Crippen LogP contribution in [0.4, 0.5) is 0 Å². The number of carbonyl (C=O) groups is 2. The third-order valence-electron chi connectivity index (χ3n) is 4.52. The number of hydrogen-bond acceptors (Lipinski definition) is 3. The molecule has 1 atom stereocenters. The van der Waals surface area contributed by atoms with Crippen LogP contribution in [0.25, 0.3) is 0 Å². The number of aromatic amines is 1. The van der Waals surface area contributed by atoms with Crippen molar-refractivity contribution in [1.82, 2.24) is 20.0 Å². The molecule has 1 aromatic heterocycles. The summed E-state index contributed by atoms with van der Waals surface area (Å²) in [6.45, 7) is 3.72. The number of nitrogens with zero attached hydrogens (tertiary/aromatic N) is 3. The van der Waals surface area contributed by atoms with Gasteiger partial charge in [0, 0.05) is 19.5 Å². The SMILES string of the molecule is Cc1cn[nH]c1[C@H]1CCCCN1C(=O)CN1CCCC1=O. The molecule has 2 saturated heterocycles. The van der Waals surface area contributed by atoms with Crippen LogP contribution in [0.5, 0.6) is 0 Å². The molecule has 0 radical (unpaired) electrons. The Morgan fingerprint density at radius 1 is 1.38 bits per heavy atom. The van der Waals surface area contributed by atoms with Gasteiger partial charge in [-0.25, -0.2) is 0 Å². The zero-order valence-corrected chi connectivity index (χ0v) is 12.5. The van der Waals surface area contributed by atoms with E-state index < -0.39 is 0 Å². The third kappa shape index (κ3) is 2.80. The normalized spacial score (nSPS) is 22.9. The Morgan fingerprint density at radius 3 is 2.90 bits per heavy atom. The number of hydrogen-bond donors (Lipinski definition) is 1. The second kappa shape index (κ2) is 5.87. The lowest BCUT2D eigenvalue weighted by molar-refractivity contribution is -0.141. The molecule has 2 aliphatic heterocycles. The standard InChI is InChI=1S/C15H22N4O2/c1-11-9-16-17-15(11)12-5-2-3-8-19(12)14(21)10-18-7-4-6-13(18)20/h9,12H,2-8,10H2,1H3,(H,16,17)/t12-/m1/s1. The molecular weight excluding hydrogens is 268 g/mol. The zero-order chi connectivity index (χ0) is 14.8. The maximum atomic E-state index is 12.6. The predicted molar refractivity (Wildman–Crippen MR) is 77.4 cm³/mol. The number of likely N-dealkylation sites (tertiary alicyclic amines) is 2. The lowest BCUT2D eigenvalue weighted by Crippen LogP contribution is -2.44. The number of aryl methyl sites for hydroxylation is 1. The Balaban J connectivity index is 1.73. The van der Waals surface area contributed by atoms with Crippen LogP contribution in [0.3, 0.4) is 0 Å². The van der Waals surface area contributed by atoms with E-state index in [1.54, 1.807) is 11.1 Å². The van der Waals surface area contributed by atoms with Gasteiger partial charge in [0.2, 0.25) is 11.8 Å². The van der Waals surface area contributed by atoms with Crippen LogP contribution in [0, 0.1) is 6.92 Å². The van der Waals surface area contributed by atoms with Gasteiger partial charge in [0.1, 0.15) is 0 Å². The Bertz CT molecular complexity index is 540. The van der Waals surface area contributed by atoms with E-state index in [4.69, 9.17) is 0 Å². The van der Waals surface area contributed by atoms with E-state index in [1.165, 1.54) is 0 Å². The molecular formula is C15H22N4O2. The highest BCUT2D eigenvalue weighted by Gasteiger charge is 2.32. The molecule has 2 amide bonds. The van der Waals surface area contributed by atoms with Crippen molar-refractivity contribution in [2.45, 2.75) is 45.1 Å². The van der Waals surface area contributed by atoms with Crippen molar-refractivity contribution in [2.75, 3.05) is 19.6 Å². The third-order valence-corrected chi connectivity index (χ3v) is 4.52. The summed E-state index contributed by atoms with van der Waals surface area (Å²) in [4.78, 5) is 27.9. The van der Waals surface area contributed by atoms with Crippen LogP contribution in [0.2, 0.25) is 0 Å². The van der Waals surface area contributed by atoms with E-state index in [2.05, 4.69) is 10.2 Å². The Kier molecular flexibility index (Phi) is 3.94. The minimum Gasteiger partial charge on any atom is -0.333 e. The average Bonchev–Trinajstić information content (AvgIpc) is 3.08. The maximum Gasteiger partial charge on any atom is 0.242 e. The second-order valence-corrected chi connectivity index (χ2v) is 5.98. The molecule has 114 valence electrons. The highest BCUT2D eigenvalue weighted by Crippen LogP contribution is 2.31. The van der Waals surface area contributed by atoms with Gasteiger partial charge < -0.3 is 9.80 Å². The lowest BCUT2D eigenvalue weighted by Gasteiger charge is -2.36. The van der Waals surface area contributed by atoms with E-state index >= 15 is 0 Å². The van der Waals surface area contributed by atoms with Gasteiger partial charge >= 0.3 is 0 Å². The molecule has 0 unspecified atom stereocenters. The highest BCUT2D eigenvalue weighted by molar-refractivity contribution is 5.86. The van der Waals surface area contributed by atoms with Gasteiger partial charge in [-0.05, 0) is 38.2 Å². The van der Waals surface area contributed by atoms with E-state index in [-0.39, 0.29) is 24.4 Å². The van der Waals surface area contributed by atoms with E-state index in [0.717, 1.165) is 43.5 Å². The summed E-state index contributed by atoms with van der Waals surface area (Å²) in [5, 5.41) is 7.12. The molecule has 0 saturated carbocycles. The van der Waals surface area contributed by atoms with Crippen LogP contribution in [0.15, 0.2) is 6.20 Å². The lowest BCUT2D eigenvalue weighted by atomic mass is 9.97. The van der Waals surface area contributed by atoms with E-state index in [9.17, 15) is 9.59 Å². The molecule has 2 fully saturated rings. The summed E-state index contributed by atoms with van der Waals surface area (Å²) in [6.07, 6.45) is 6.36. The molecule has 0 aromatic carbocycles. The first-order chi connectivity index (χ1) is 10.2. The minimum atomic E-state index is 0.0592. The largest absolute Gasteiger partial charge is 0.333 e. The predicted octanol–water partition coefficient (Wildman–Crippen LogP) is 1.39. The first-order valence-electron chi connectivity index (χ1n) is 7.74. The van der Waals surface area contributed by atoms with Gasteiger partial charge in [-0.3, -0.25) is 14.7 Å². The number of aromatic nitrogens is 2. The fourth-order valence-electron chi connectivity index (χ4n) is 3.35. The molecule has 3 heterocycles.